The summed E-state index contributed by atoms with van der Waals surface area (Å²) in [5.74, 6) is 1.63. The highest BCUT2D eigenvalue weighted by atomic mass is 16.5. The van der Waals surface area contributed by atoms with Crippen LogP contribution in [0.2, 0.25) is 0 Å². The van der Waals surface area contributed by atoms with Crippen LogP contribution in [0.3, 0.4) is 0 Å². The van der Waals surface area contributed by atoms with E-state index in [9.17, 15) is 4.79 Å². The van der Waals surface area contributed by atoms with Crippen LogP contribution >= 0.6 is 0 Å². The fraction of sp³-hybridized carbons (Fsp3) is 0.562. The van der Waals surface area contributed by atoms with Gasteiger partial charge in [0.05, 0.1) is 13.7 Å². The number of nitrogens with one attached hydrogen (secondary N) is 1. The Balaban J connectivity index is 2.14. The van der Waals surface area contributed by atoms with Crippen molar-refractivity contribution in [2.45, 2.75) is 20.3 Å². The molecular formula is C16H25NO4. The highest BCUT2D eigenvalue weighted by Crippen LogP contribution is 2.25. The van der Waals surface area contributed by atoms with Gasteiger partial charge in [-0.15, -0.1) is 0 Å². The van der Waals surface area contributed by atoms with Crippen molar-refractivity contribution in [1.29, 1.82) is 0 Å². The lowest BCUT2D eigenvalue weighted by Crippen LogP contribution is -2.31. The lowest BCUT2D eigenvalue weighted by Gasteiger charge is -2.11. The first-order valence-electron chi connectivity index (χ1n) is 7.23. The summed E-state index contributed by atoms with van der Waals surface area (Å²) in [7, 11) is 1.57. The minimum absolute atomic E-state index is 0.0353. The van der Waals surface area contributed by atoms with Crippen molar-refractivity contribution in [3.8, 4) is 11.5 Å². The number of methoxy groups -OCH3 is 1. The maximum Gasteiger partial charge on any atom is 0.258 e. The van der Waals surface area contributed by atoms with Crippen molar-refractivity contribution in [2.75, 3.05) is 33.5 Å². The number of benzene rings is 1. The summed E-state index contributed by atoms with van der Waals surface area (Å²) in [6.07, 6.45) is 1.03. The molecule has 0 fully saturated rings. The third-order valence-corrected chi connectivity index (χ3v) is 2.84. The molecule has 5 heteroatoms. The Kier molecular flexibility index (Phi) is 8.28. The fourth-order valence-corrected chi connectivity index (χ4v) is 1.62. The van der Waals surface area contributed by atoms with E-state index in [0.717, 1.165) is 13.0 Å². The molecule has 0 aliphatic rings. The molecule has 1 aromatic rings. The van der Waals surface area contributed by atoms with E-state index in [2.05, 4.69) is 19.2 Å². The number of para-hydroxylation sites is 2. The number of carbonyl (C=O) groups excluding carboxylic acids is 1. The highest BCUT2D eigenvalue weighted by molar-refractivity contribution is 5.77. The number of rotatable bonds is 10. The van der Waals surface area contributed by atoms with Crippen LogP contribution in [0.15, 0.2) is 24.3 Å². The van der Waals surface area contributed by atoms with Crippen molar-refractivity contribution in [1.82, 2.24) is 5.32 Å². The molecule has 1 amide bonds. The van der Waals surface area contributed by atoms with E-state index in [-0.39, 0.29) is 12.5 Å². The van der Waals surface area contributed by atoms with Crippen LogP contribution in [0.4, 0.5) is 0 Å². The third-order valence-electron chi connectivity index (χ3n) is 2.84. The molecule has 0 aliphatic heterocycles. The molecule has 0 aliphatic carbocycles. The van der Waals surface area contributed by atoms with Crippen LogP contribution in [-0.4, -0.2) is 39.4 Å². The topological polar surface area (TPSA) is 56.8 Å². The largest absolute Gasteiger partial charge is 0.493 e. The average molecular weight is 295 g/mol. The Morgan fingerprint density at radius 3 is 2.57 bits per heavy atom. The van der Waals surface area contributed by atoms with Crippen molar-refractivity contribution in [3.05, 3.63) is 24.3 Å². The molecule has 5 nitrogen and oxygen atoms in total. The van der Waals surface area contributed by atoms with Gasteiger partial charge >= 0.3 is 0 Å². The molecule has 1 N–H and O–H groups in total. The number of carbonyl (C=O) groups is 1. The summed E-state index contributed by atoms with van der Waals surface area (Å²) in [5, 5.41) is 2.75. The van der Waals surface area contributed by atoms with Crippen LogP contribution in [-0.2, 0) is 9.53 Å². The maximum absolute atomic E-state index is 11.6. The summed E-state index contributed by atoms with van der Waals surface area (Å²) in [6, 6.07) is 7.23. The minimum atomic E-state index is -0.173. The second-order valence-corrected chi connectivity index (χ2v) is 5.08. The number of hydrogen-bond acceptors (Lipinski definition) is 4. The second kappa shape index (κ2) is 10.0. The Morgan fingerprint density at radius 2 is 1.90 bits per heavy atom. The summed E-state index contributed by atoms with van der Waals surface area (Å²) in [6.45, 7) is 6.01. The molecule has 0 aromatic heterocycles. The van der Waals surface area contributed by atoms with E-state index in [1.165, 1.54) is 0 Å². The van der Waals surface area contributed by atoms with Crippen molar-refractivity contribution in [3.63, 3.8) is 0 Å². The summed E-state index contributed by atoms with van der Waals surface area (Å²) >= 11 is 0. The molecule has 1 rings (SSSR count). The van der Waals surface area contributed by atoms with Gasteiger partial charge in [0.25, 0.3) is 5.91 Å². The van der Waals surface area contributed by atoms with Gasteiger partial charge in [-0.2, -0.15) is 0 Å². The molecular weight excluding hydrogens is 270 g/mol. The SMILES string of the molecule is COc1ccccc1OCC(=O)NCCOCCC(C)C. The summed E-state index contributed by atoms with van der Waals surface area (Å²) in [5.41, 5.74) is 0. The zero-order chi connectivity index (χ0) is 15.5. The van der Waals surface area contributed by atoms with Gasteiger partial charge in [-0.1, -0.05) is 26.0 Å². The van der Waals surface area contributed by atoms with Gasteiger partial charge in [0.2, 0.25) is 0 Å². The average Bonchev–Trinajstić information content (AvgIpc) is 2.48. The Labute approximate surface area is 126 Å². The van der Waals surface area contributed by atoms with E-state index in [0.29, 0.717) is 30.6 Å². The standard InChI is InChI=1S/C16H25NO4/c1-13(2)8-10-20-11-9-17-16(18)12-21-15-7-5-4-6-14(15)19-3/h4-7,13H,8-12H2,1-3H3,(H,17,18). The molecule has 0 saturated carbocycles. The van der Waals surface area contributed by atoms with E-state index in [4.69, 9.17) is 14.2 Å². The summed E-state index contributed by atoms with van der Waals surface area (Å²) in [4.78, 5) is 11.6. The first-order chi connectivity index (χ1) is 10.1. The van der Waals surface area contributed by atoms with Gasteiger partial charge in [0.15, 0.2) is 18.1 Å². The lowest BCUT2D eigenvalue weighted by atomic mass is 10.1. The number of ether oxygens (including phenoxy) is 3. The van der Waals surface area contributed by atoms with Crippen molar-refractivity contribution >= 4 is 5.91 Å². The summed E-state index contributed by atoms with van der Waals surface area (Å²) < 4.78 is 16.0. The predicted molar refractivity (Wildman–Crippen MR) is 81.8 cm³/mol. The number of amides is 1. The highest BCUT2D eigenvalue weighted by Gasteiger charge is 2.06. The molecule has 0 radical (unpaired) electrons. The molecule has 0 unspecified atom stereocenters. The van der Waals surface area contributed by atoms with Crippen LogP contribution in [0.5, 0.6) is 11.5 Å². The molecule has 118 valence electrons. The van der Waals surface area contributed by atoms with Gasteiger partial charge in [0, 0.05) is 13.2 Å². The molecule has 0 bridgehead atoms. The maximum atomic E-state index is 11.6. The predicted octanol–water partition coefficient (Wildman–Crippen LogP) is 2.25. The Morgan fingerprint density at radius 1 is 1.19 bits per heavy atom. The fourth-order valence-electron chi connectivity index (χ4n) is 1.62. The molecule has 21 heavy (non-hydrogen) atoms. The minimum Gasteiger partial charge on any atom is -0.493 e. The van der Waals surface area contributed by atoms with E-state index >= 15 is 0 Å². The van der Waals surface area contributed by atoms with Crippen LogP contribution in [0, 0.1) is 5.92 Å². The zero-order valence-corrected chi connectivity index (χ0v) is 13.1. The molecule has 0 spiro atoms. The van der Waals surface area contributed by atoms with Crippen molar-refractivity contribution < 1.29 is 19.0 Å². The van der Waals surface area contributed by atoms with Gasteiger partial charge in [-0.25, -0.2) is 0 Å². The van der Waals surface area contributed by atoms with Crippen LogP contribution in [0.1, 0.15) is 20.3 Å². The molecule has 0 atom stereocenters. The van der Waals surface area contributed by atoms with Crippen molar-refractivity contribution in [2.24, 2.45) is 5.92 Å². The molecule has 1 aromatic carbocycles. The number of hydrogen-bond donors (Lipinski definition) is 1. The lowest BCUT2D eigenvalue weighted by molar-refractivity contribution is -0.123. The first-order valence-corrected chi connectivity index (χ1v) is 7.23. The third kappa shape index (κ3) is 7.56. The van der Waals surface area contributed by atoms with E-state index < -0.39 is 0 Å². The Bertz CT molecular complexity index is 420. The van der Waals surface area contributed by atoms with E-state index in [1.807, 2.05) is 12.1 Å². The van der Waals surface area contributed by atoms with Gasteiger partial charge in [-0.3, -0.25) is 4.79 Å². The second-order valence-electron chi connectivity index (χ2n) is 5.08. The van der Waals surface area contributed by atoms with Gasteiger partial charge in [0.1, 0.15) is 0 Å². The Hall–Kier alpha value is -1.75. The normalized spacial score (nSPS) is 10.5. The monoisotopic (exact) mass is 295 g/mol. The molecule has 0 saturated heterocycles. The smallest absolute Gasteiger partial charge is 0.258 e. The van der Waals surface area contributed by atoms with Crippen LogP contribution < -0.4 is 14.8 Å². The zero-order valence-electron chi connectivity index (χ0n) is 13.1. The first kappa shape index (κ1) is 17.3. The van der Waals surface area contributed by atoms with Crippen LogP contribution in [0.25, 0.3) is 0 Å². The van der Waals surface area contributed by atoms with Gasteiger partial charge in [-0.05, 0) is 24.5 Å². The molecule has 0 heterocycles. The quantitative estimate of drug-likeness (QED) is 0.673. The van der Waals surface area contributed by atoms with E-state index in [1.54, 1.807) is 19.2 Å². The van der Waals surface area contributed by atoms with Gasteiger partial charge < -0.3 is 19.5 Å².